The molecule has 1 rings (SSSR count). The van der Waals surface area contributed by atoms with Crippen LogP contribution in [-0.4, -0.2) is 24.8 Å². The number of nitrogens with one attached hydrogen (secondary N) is 2. The van der Waals surface area contributed by atoms with Gasteiger partial charge in [0, 0.05) is 23.2 Å². The van der Waals surface area contributed by atoms with Crippen molar-refractivity contribution in [1.29, 1.82) is 0 Å². The molecule has 0 spiro atoms. The molecule has 0 saturated carbocycles. The Kier molecular flexibility index (Phi) is 6.73. The molecular weight excluding hydrogens is 377 g/mol. The normalized spacial score (nSPS) is 12.0. The summed E-state index contributed by atoms with van der Waals surface area (Å²) in [6, 6.07) is 3.95. The average molecular weight is 397 g/mol. The third-order valence-electron chi connectivity index (χ3n) is 2.62. The van der Waals surface area contributed by atoms with E-state index in [1.54, 1.807) is 26.8 Å². The van der Waals surface area contributed by atoms with Crippen LogP contribution in [0.25, 0.3) is 0 Å². The highest BCUT2D eigenvalue weighted by Gasteiger charge is 2.33. The van der Waals surface area contributed by atoms with E-state index in [4.69, 9.17) is 4.74 Å². The van der Waals surface area contributed by atoms with Crippen molar-refractivity contribution in [3.05, 3.63) is 28.2 Å². The molecule has 0 heterocycles. The Labute approximate surface area is 141 Å². The van der Waals surface area contributed by atoms with Crippen LogP contribution >= 0.6 is 15.9 Å². The second-order valence-electron chi connectivity index (χ2n) is 5.90. The molecule has 4 nitrogen and oxygen atoms in total. The predicted molar refractivity (Wildman–Crippen MR) is 86.5 cm³/mol. The summed E-state index contributed by atoms with van der Waals surface area (Å²) in [6.07, 6.45) is -4.37. The van der Waals surface area contributed by atoms with E-state index in [0.29, 0.717) is 25.2 Å². The molecule has 0 fully saturated rings. The Morgan fingerprint density at radius 3 is 2.43 bits per heavy atom. The number of anilines is 1. The molecule has 0 aliphatic carbocycles. The molecule has 0 aliphatic rings. The fourth-order valence-corrected chi connectivity index (χ4v) is 2.15. The SMILES string of the molecule is CC(C)(C)OC(=O)NCCCNc1ccc(Br)c(C(F)(F)F)c1. The molecule has 0 unspecified atom stereocenters. The molecule has 130 valence electrons. The number of benzene rings is 1. The first-order chi connectivity index (χ1) is 10.5. The van der Waals surface area contributed by atoms with Crippen molar-refractivity contribution >= 4 is 27.7 Å². The number of amides is 1. The van der Waals surface area contributed by atoms with Crippen LogP contribution in [0.3, 0.4) is 0 Å². The van der Waals surface area contributed by atoms with Gasteiger partial charge in [0.1, 0.15) is 5.60 Å². The van der Waals surface area contributed by atoms with Gasteiger partial charge in [-0.15, -0.1) is 0 Å². The van der Waals surface area contributed by atoms with Crippen molar-refractivity contribution in [2.45, 2.75) is 39.0 Å². The van der Waals surface area contributed by atoms with Gasteiger partial charge in [-0.1, -0.05) is 15.9 Å². The molecule has 0 radical (unpaired) electrons. The van der Waals surface area contributed by atoms with Crippen LogP contribution in [0, 0.1) is 0 Å². The highest BCUT2D eigenvalue weighted by atomic mass is 79.9. The largest absolute Gasteiger partial charge is 0.444 e. The Bertz CT molecular complexity index is 543. The van der Waals surface area contributed by atoms with Gasteiger partial charge in [-0.2, -0.15) is 13.2 Å². The number of hydrogen-bond acceptors (Lipinski definition) is 3. The monoisotopic (exact) mass is 396 g/mol. The summed E-state index contributed by atoms with van der Waals surface area (Å²) in [6.45, 7) is 6.08. The first-order valence-corrected chi connectivity index (χ1v) is 7.86. The van der Waals surface area contributed by atoms with E-state index in [-0.39, 0.29) is 4.47 Å². The number of alkyl carbamates (subject to hydrolysis) is 1. The Hall–Kier alpha value is -1.44. The summed E-state index contributed by atoms with van der Waals surface area (Å²) >= 11 is 2.89. The fourth-order valence-electron chi connectivity index (χ4n) is 1.68. The van der Waals surface area contributed by atoms with E-state index in [2.05, 4.69) is 26.6 Å². The molecule has 1 amide bonds. The number of alkyl halides is 3. The van der Waals surface area contributed by atoms with Gasteiger partial charge < -0.3 is 15.4 Å². The van der Waals surface area contributed by atoms with Crippen molar-refractivity contribution in [1.82, 2.24) is 5.32 Å². The van der Waals surface area contributed by atoms with Crippen molar-refractivity contribution in [3.8, 4) is 0 Å². The zero-order valence-electron chi connectivity index (χ0n) is 13.2. The average Bonchev–Trinajstić information content (AvgIpc) is 2.36. The van der Waals surface area contributed by atoms with E-state index in [1.165, 1.54) is 6.07 Å². The maximum atomic E-state index is 12.8. The van der Waals surface area contributed by atoms with Crippen molar-refractivity contribution in [2.24, 2.45) is 0 Å². The molecule has 8 heteroatoms. The van der Waals surface area contributed by atoms with Gasteiger partial charge in [-0.3, -0.25) is 0 Å². The second kappa shape index (κ2) is 7.90. The molecular formula is C15H20BrF3N2O2. The van der Waals surface area contributed by atoms with E-state index in [9.17, 15) is 18.0 Å². The maximum absolute atomic E-state index is 12.8. The smallest absolute Gasteiger partial charge is 0.417 e. The first-order valence-electron chi connectivity index (χ1n) is 7.06. The van der Waals surface area contributed by atoms with Crippen LogP contribution in [-0.2, 0) is 10.9 Å². The summed E-state index contributed by atoms with van der Waals surface area (Å²) in [4.78, 5) is 11.4. The van der Waals surface area contributed by atoms with Gasteiger partial charge in [0.2, 0.25) is 0 Å². The molecule has 0 atom stereocenters. The number of carbonyl (C=O) groups is 1. The number of carbonyl (C=O) groups excluding carboxylic acids is 1. The van der Waals surface area contributed by atoms with Gasteiger partial charge >= 0.3 is 12.3 Å². The number of ether oxygens (including phenoxy) is 1. The van der Waals surface area contributed by atoms with E-state index < -0.39 is 23.4 Å². The highest BCUT2D eigenvalue weighted by Crippen LogP contribution is 2.36. The van der Waals surface area contributed by atoms with Gasteiger partial charge in [-0.25, -0.2) is 4.79 Å². The second-order valence-corrected chi connectivity index (χ2v) is 6.76. The minimum Gasteiger partial charge on any atom is -0.444 e. The number of hydrogen-bond donors (Lipinski definition) is 2. The number of rotatable bonds is 5. The summed E-state index contributed by atoms with van der Waals surface area (Å²) < 4.78 is 43.4. The molecule has 0 aliphatic heterocycles. The summed E-state index contributed by atoms with van der Waals surface area (Å²) in [5.74, 6) is 0. The van der Waals surface area contributed by atoms with Crippen LogP contribution in [0.4, 0.5) is 23.7 Å². The Morgan fingerprint density at radius 2 is 1.87 bits per heavy atom. The maximum Gasteiger partial charge on any atom is 0.417 e. The van der Waals surface area contributed by atoms with Gasteiger partial charge in [-0.05, 0) is 45.4 Å². The molecule has 23 heavy (non-hydrogen) atoms. The van der Waals surface area contributed by atoms with Crippen molar-refractivity contribution in [3.63, 3.8) is 0 Å². The molecule has 0 saturated heterocycles. The van der Waals surface area contributed by atoms with E-state index in [1.807, 2.05) is 0 Å². The van der Waals surface area contributed by atoms with Crippen LogP contribution in [0.1, 0.15) is 32.8 Å². The van der Waals surface area contributed by atoms with E-state index >= 15 is 0 Å². The van der Waals surface area contributed by atoms with Crippen molar-refractivity contribution in [2.75, 3.05) is 18.4 Å². The van der Waals surface area contributed by atoms with Crippen LogP contribution in [0.15, 0.2) is 22.7 Å². The minimum atomic E-state index is -4.41. The predicted octanol–water partition coefficient (Wildman–Crippen LogP) is 4.79. The molecule has 0 bridgehead atoms. The quantitative estimate of drug-likeness (QED) is 0.703. The number of halogens is 4. The summed E-state index contributed by atoms with van der Waals surface area (Å²) in [5, 5.41) is 5.47. The zero-order chi connectivity index (χ0) is 17.7. The Morgan fingerprint density at radius 1 is 1.22 bits per heavy atom. The minimum absolute atomic E-state index is 0.00198. The highest BCUT2D eigenvalue weighted by molar-refractivity contribution is 9.10. The van der Waals surface area contributed by atoms with Crippen LogP contribution in [0.2, 0.25) is 0 Å². The third kappa shape index (κ3) is 7.58. The molecule has 1 aromatic rings. The van der Waals surface area contributed by atoms with Crippen LogP contribution in [0.5, 0.6) is 0 Å². The van der Waals surface area contributed by atoms with E-state index in [0.717, 1.165) is 6.07 Å². The lowest BCUT2D eigenvalue weighted by atomic mass is 10.2. The first kappa shape index (κ1) is 19.6. The standard InChI is InChI=1S/C15H20BrF3N2O2/c1-14(2,3)23-13(22)21-8-4-7-20-10-5-6-12(16)11(9-10)15(17,18)19/h5-6,9,20H,4,7-8H2,1-3H3,(H,21,22). The third-order valence-corrected chi connectivity index (χ3v) is 3.31. The molecule has 2 N–H and O–H groups in total. The van der Waals surface area contributed by atoms with Crippen LogP contribution < -0.4 is 10.6 Å². The van der Waals surface area contributed by atoms with Crippen molar-refractivity contribution < 1.29 is 22.7 Å². The Balaban J connectivity index is 2.38. The lowest BCUT2D eigenvalue weighted by molar-refractivity contribution is -0.138. The summed E-state index contributed by atoms with van der Waals surface area (Å²) in [7, 11) is 0. The van der Waals surface area contributed by atoms with Gasteiger partial charge in [0.05, 0.1) is 5.56 Å². The zero-order valence-corrected chi connectivity index (χ0v) is 14.8. The molecule has 0 aromatic heterocycles. The molecule has 1 aromatic carbocycles. The topological polar surface area (TPSA) is 50.4 Å². The lowest BCUT2D eigenvalue weighted by Gasteiger charge is -2.19. The fraction of sp³-hybridized carbons (Fsp3) is 0.533. The lowest BCUT2D eigenvalue weighted by Crippen LogP contribution is -2.33. The van der Waals surface area contributed by atoms with Gasteiger partial charge in [0.25, 0.3) is 0 Å². The van der Waals surface area contributed by atoms with Gasteiger partial charge in [0.15, 0.2) is 0 Å². The summed E-state index contributed by atoms with van der Waals surface area (Å²) in [5.41, 5.74) is -0.916.